The van der Waals surface area contributed by atoms with Crippen LogP contribution >= 0.6 is 0 Å². The molecule has 0 radical (unpaired) electrons. The molecule has 0 bridgehead atoms. The number of hydrogen-bond acceptors (Lipinski definition) is 7. The third-order valence-electron chi connectivity index (χ3n) is 5.12. The summed E-state index contributed by atoms with van der Waals surface area (Å²) < 4.78 is 16.9. The Bertz CT molecular complexity index is 915. The van der Waals surface area contributed by atoms with Gasteiger partial charge in [-0.25, -0.2) is 0 Å². The fraction of sp³-hybridized carbons (Fsp3) is 0.429. The number of aromatic nitrogens is 1. The summed E-state index contributed by atoms with van der Waals surface area (Å²) in [7, 11) is 1.51. The van der Waals surface area contributed by atoms with Gasteiger partial charge in [0.1, 0.15) is 5.75 Å². The van der Waals surface area contributed by atoms with Gasteiger partial charge >= 0.3 is 0 Å². The molecule has 1 aromatic heterocycles. The molecule has 0 atom stereocenters. The van der Waals surface area contributed by atoms with Gasteiger partial charge in [-0.05, 0) is 37.8 Å². The maximum absolute atomic E-state index is 10.0. The lowest BCUT2D eigenvalue weighted by Crippen LogP contribution is -2.24. The number of rotatable bonds is 6. The van der Waals surface area contributed by atoms with Crippen molar-refractivity contribution in [3.8, 4) is 17.2 Å². The van der Waals surface area contributed by atoms with Crippen LogP contribution in [0.1, 0.15) is 25.7 Å². The average Bonchev–Trinajstić information content (AvgIpc) is 3.55. The maximum atomic E-state index is 10.0. The molecule has 148 valence electrons. The van der Waals surface area contributed by atoms with Crippen molar-refractivity contribution in [1.29, 1.82) is 0 Å². The van der Waals surface area contributed by atoms with Crippen molar-refractivity contribution in [2.45, 2.75) is 31.7 Å². The van der Waals surface area contributed by atoms with Crippen LogP contribution in [0, 0.1) is 5.92 Å². The molecule has 1 aromatic carbocycles. The van der Waals surface area contributed by atoms with E-state index in [0.717, 1.165) is 31.1 Å². The summed E-state index contributed by atoms with van der Waals surface area (Å²) in [6, 6.07) is 5.42. The fourth-order valence-corrected chi connectivity index (χ4v) is 3.27. The van der Waals surface area contributed by atoms with Crippen molar-refractivity contribution >= 4 is 17.1 Å². The van der Waals surface area contributed by atoms with Gasteiger partial charge in [-0.1, -0.05) is 0 Å². The monoisotopic (exact) mass is 383 g/mol. The van der Waals surface area contributed by atoms with Crippen LogP contribution in [0.2, 0.25) is 0 Å². The van der Waals surface area contributed by atoms with E-state index < -0.39 is 0 Å². The van der Waals surface area contributed by atoms with Gasteiger partial charge in [0.05, 0.1) is 30.6 Å². The number of nitrogens with zero attached hydrogens (tertiary/aromatic N) is 2. The summed E-state index contributed by atoms with van der Waals surface area (Å²) in [5.74, 6) is 1.77. The molecule has 7 nitrogen and oxygen atoms in total. The lowest BCUT2D eigenvalue weighted by atomic mass is 9.96. The molecule has 1 saturated heterocycles. The number of hydrogen-bond donors (Lipinski definition) is 2. The van der Waals surface area contributed by atoms with Crippen molar-refractivity contribution in [3.63, 3.8) is 0 Å². The highest BCUT2D eigenvalue weighted by Gasteiger charge is 2.23. The summed E-state index contributed by atoms with van der Waals surface area (Å²) in [4.78, 5) is 8.89. The van der Waals surface area contributed by atoms with Gasteiger partial charge in [-0.15, -0.1) is 0 Å². The number of nitrogens with two attached hydrogens (primary N) is 1. The summed E-state index contributed by atoms with van der Waals surface area (Å²) in [6.45, 7) is 1.40. The highest BCUT2D eigenvalue weighted by molar-refractivity contribution is 5.89. The topological polar surface area (TPSA) is 99.2 Å². The Balaban J connectivity index is 1.71. The van der Waals surface area contributed by atoms with Crippen LogP contribution in [-0.4, -0.2) is 42.7 Å². The molecule has 28 heavy (non-hydrogen) atoms. The molecular weight excluding hydrogens is 358 g/mol. The van der Waals surface area contributed by atoms with E-state index in [0.29, 0.717) is 47.7 Å². The van der Waals surface area contributed by atoms with Gasteiger partial charge in [0.25, 0.3) is 0 Å². The number of ether oxygens (including phenoxy) is 3. The Morgan fingerprint density at radius 2 is 2.04 bits per heavy atom. The second-order valence-electron chi connectivity index (χ2n) is 7.17. The SMILES string of the molecule is COc1cc2c(OC(C=NC3CC3)=C(N)C3CCOCC3)ccnc2cc1O. The summed E-state index contributed by atoms with van der Waals surface area (Å²) >= 11 is 0. The van der Waals surface area contributed by atoms with E-state index in [4.69, 9.17) is 19.9 Å². The highest BCUT2D eigenvalue weighted by atomic mass is 16.5. The first-order valence-corrected chi connectivity index (χ1v) is 9.60. The molecule has 7 heteroatoms. The molecule has 1 aliphatic heterocycles. The Hall–Kier alpha value is -2.80. The van der Waals surface area contributed by atoms with Crippen molar-refractivity contribution < 1.29 is 19.3 Å². The van der Waals surface area contributed by atoms with E-state index >= 15 is 0 Å². The van der Waals surface area contributed by atoms with Crippen LogP contribution in [-0.2, 0) is 4.74 Å². The van der Waals surface area contributed by atoms with Gasteiger partial charge in [0, 0.05) is 36.8 Å². The first-order chi connectivity index (χ1) is 13.7. The quantitative estimate of drug-likeness (QED) is 0.587. The van der Waals surface area contributed by atoms with E-state index in [-0.39, 0.29) is 11.7 Å². The molecule has 4 rings (SSSR count). The maximum Gasteiger partial charge on any atom is 0.164 e. The van der Waals surface area contributed by atoms with Crippen molar-refractivity contribution in [1.82, 2.24) is 4.98 Å². The first-order valence-electron chi connectivity index (χ1n) is 9.60. The Labute approximate surface area is 163 Å². The smallest absolute Gasteiger partial charge is 0.164 e. The van der Waals surface area contributed by atoms with Crippen LogP contribution in [0.4, 0.5) is 0 Å². The second-order valence-corrected chi connectivity index (χ2v) is 7.17. The van der Waals surface area contributed by atoms with Crippen molar-refractivity contribution in [2.75, 3.05) is 20.3 Å². The molecule has 2 fully saturated rings. The summed E-state index contributed by atoms with van der Waals surface area (Å²) in [6.07, 6.45) is 7.35. The number of methoxy groups -OCH3 is 1. The Kier molecular flexibility index (Phi) is 5.34. The van der Waals surface area contributed by atoms with Crippen LogP contribution in [0.3, 0.4) is 0 Å². The first kappa shape index (κ1) is 18.6. The van der Waals surface area contributed by atoms with Gasteiger partial charge < -0.3 is 25.1 Å². The number of phenols is 1. The van der Waals surface area contributed by atoms with Crippen LogP contribution < -0.4 is 15.2 Å². The average molecular weight is 383 g/mol. The Morgan fingerprint density at radius 3 is 2.75 bits per heavy atom. The summed E-state index contributed by atoms with van der Waals surface area (Å²) in [5.41, 5.74) is 7.81. The van der Waals surface area contributed by atoms with E-state index in [1.54, 1.807) is 30.6 Å². The number of allylic oxidation sites excluding steroid dienone is 2. The number of aromatic hydroxyl groups is 1. The second kappa shape index (κ2) is 8.06. The standard InChI is InChI=1S/C21H25N3O4/c1-26-19-10-15-16(11-17(19)25)23-7-4-18(15)28-20(12-24-14-2-3-14)21(22)13-5-8-27-9-6-13/h4,7,10-14,25H,2-3,5-6,8-9,22H2,1H3. The molecule has 0 amide bonds. The molecule has 2 heterocycles. The zero-order chi connectivity index (χ0) is 19.5. The molecule has 2 aromatic rings. The normalized spacial score (nSPS) is 19.0. The zero-order valence-corrected chi connectivity index (χ0v) is 15.9. The minimum Gasteiger partial charge on any atom is -0.504 e. The molecule has 0 spiro atoms. The lowest BCUT2D eigenvalue weighted by Gasteiger charge is -2.24. The molecule has 0 unspecified atom stereocenters. The van der Waals surface area contributed by atoms with Crippen LogP contribution in [0.25, 0.3) is 10.9 Å². The predicted molar refractivity (Wildman–Crippen MR) is 107 cm³/mol. The van der Waals surface area contributed by atoms with Crippen LogP contribution in [0.15, 0.2) is 40.8 Å². The zero-order valence-electron chi connectivity index (χ0n) is 15.9. The molecule has 2 aliphatic rings. The fourth-order valence-electron chi connectivity index (χ4n) is 3.27. The molecular formula is C21H25N3O4. The minimum absolute atomic E-state index is 0.0347. The minimum atomic E-state index is 0.0347. The largest absolute Gasteiger partial charge is 0.504 e. The van der Waals surface area contributed by atoms with Gasteiger partial charge in [-0.3, -0.25) is 9.98 Å². The third kappa shape index (κ3) is 4.04. The van der Waals surface area contributed by atoms with E-state index in [1.807, 2.05) is 0 Å². The van der Waals surface area contributed by atoms with E-state index in [1.165, 1.54) is 7.11 Å². The highest BCUT2D eigenvalue weighted by Crippen LogP contribution is 2.35. The predicted octanol–water partition coefficient (Wildman–Crippen LogP) is 3.16. The summed E-state index contributed by atoms with van der Waals surface area (Å²) in [5, 5.41) is 10.8. The van der Waals surface area contributed by atoms with Crippen LogP contribution in [0.5, 0.6) is 17.2 Å². The lowest BCUT2D eigenvalue weighted by molar-refractivity contribution is 0.0746. The number of fused-ring (bicyclic) bond motifs is 1. The number of aliphatic imine (C=N–C) groups is 1. The molecule has 1 saturated carbocycles. The van der Waals surface area contributed by atoms with Gasteiger partial charge in [0.15, 0.2) is 17.3 Å². The van der Waals surface area contributed by atoms with E-state index in [2.05, 4.69) is 9.98 Å². The third-order valence-corrected chi connectivity index (χ3v) is 5.12. The molecule has 1 aliphatic carbocycles. The number of benzene rings is 1. The van der Waals surface area contributed by atoms with Gasteiger partial charge in [-0.2, -0.15) is 0 Å². The number of pyridine rings is 1. The van der Waals surface area contributed by atoms with Crippen molar-refractivity contribution in [2.24, 2.45) is 16.6 Å². The van der Waals surface area contributed by atoms with Gasteiger partial charge in [0.2, 0.25) is 0 Å². The number of phenolic OH excluding ortho intramolecular Hbond substituents is 1. The molecule has 3 N–H and O–H groups in total. The van der Waals surface area contributed by atoms with E-state index in [9.17, 15) is 5.11 Å². The Morgan fingerprint density at radius 1 is 1.25 bits per heavy atom. The van der Waals surface area contributed by atoms with Crippen molar-refractivity contribution in [3.05, 3.63) is 35.9 Å².